The van der Waals surface area contributed by atoms with Gasteiger partial charge in [0, 0.05) is 6.42 Å². The van der Waals surface area contributed by atoms with Gasteiger partial charge in [-0.25, -0.2) is 0 Å². The molecule has 2 heterocycles. The minimum atomic E-state index is -0.0785. The van der Waals surface area contributed by atoms with Crippen LogP contribution in [0.1, 0.15) is 34.7 Å². The highest BCUT2D eigenvalue weighted by Crippen LogP contribution is 2.18. The summed E-state index contributed by atoms with van der Waals surface area (Å²) in [5.74, 6) is 0.356. The lowest BCUT2D eigenvalue weighted by Gasteiger charge is -2.02. The van der Waals surface area contributed by atoms with E-state index in [1.54, 1.807) is 6.07 Å². The number of hydrogen-bond donors (Lipinski definition) is 2. The Morgan fingerprint density at radius 1 is 1.07 bits per heavy atom. The zero-order valence-corrected chi connectivity index (χ0v) is 16.0. The van der Waals surface area contributed by atoms with E-state index < -0.39 is 0 Å². The van der Waals surface area contributed by atoms with Gasteiger partial charge in [-0.15, -0.1) is 15.3 Å². The average Bonchev–Trinajstić information content (AvgIpc) is 3.07. The minimum Gasteiger partial charge on any atom is -0.382 e. The summed E-state index contributed by atoms with van der Waals surface area (Å²) in [7, 11) is 0. The molecule has 3 N–H and O–H groups in total. The maximum Gasteiger partial charge on any atom is 0.230 e. The van der Waals surface area contributed by atoms with Gasteiger partial charge in [-0.2, -0.15) is 5.10 Å². The topological polar surface area (TPSA) is 107 Å². The number of unbranched alkanes of at least 4 members (excludes halogenated alkanes) is 1. The third-order valence-electron chi connectivity index (χ3n) is 3.97. The van der Waals surface area contributed by atoms with E-state index in [-0.39, 0.29) is 5.91 Å². The molecule has 0 fully saturated rings. The fourth-order valence-electron chi connectivity index (χ4n) is 2.66. The summed E-state index contributed by atoms with van der Waals surface area (Å²) in [5, 5.41) is 20.4. The molecule has 27 heavy (non-hydrogen) atoms. The number of nitrogens with one attached hydrogen (secondary N) is 1. The average molecular weight is 382 g/mol. The lowest BCUT2D eigenvalue weighted by molar-refractivity contribution is -0.115. The maximum absolute atomic E-state index is 12.1. The summed E-state index contributed by atoms with van der Waals surface area (Å²) in [6.45, 7) is 2.01. The van der Waals surface area contributed by atoms with Crippen LogP contribution in [0.15, 0.2) is 36.4 Å². The van der Waals surface area contributed by atoms with Crippen LogP contribution in [0.3, 0.4) is 0 Å². The summed E-state index contributed by atoms with van der Waals surface area (Å²) in [5.41, 5.74) is 8.59. The Labute approximate surface area is 162 Å². The van der Waals surface area contributed by atoms with Gasteiger partial charge in [-0.05, 0) is 43.9 Å². The summed E-state index contributed by atoms with van der Waals surface area (Å²) >= 11 is 1.42. The maximum atomic E-state index is 12.1. The van der Waals surface area contributed by atoms with Crippen LogP contribution in [0.25, 0.3) is 0 Å². The second-order valence-corrected chi connectivity index (χ2v) is 7.43. The molecule has 0 atom stereocenters. The van der Waals surface area contributed by atoms with Crippen molar-refractivity contribution in [1.82, 2.24) is 20.4 Å². The van der Waals surface area contributed by atoms with E-state index in [1.807, 2.05) is 37.3 Å². The highest BCUT2D eigenvalue weighted by molar-refractivity contribution is 7.15. The second kappa shape index (κ2) is 9.18. The van der Waals surface area contributed by atoms with Crippen LogP contribution in [0.4, 0.5) is 10.9 Å². The first-order chi connectivity index (χ1) is 13.1. The van der Waals surface area contributed by atoms with Gasteiger partial charge in [0.1, 0.15) is 10.8 Å². The summed E-state index contributed by atoms with van der Waals surface area (Å²) in [4.78, 5) is 12.1. The molecule has 1 amide bonds. The van der Waals surface area contributed by atoms with Gasteiger partial charge in [0.05, 0.1) is 12.1 Å². The fourth-order valence-corrected chi connectivity index (χ4v) is 3.46. The largest absolute Gasteiger partial charge is 0.382 e. The van der Waals surface area contributed by atoms with Gasteiger partial charge >= 0.3 is 0 Å². The van der Waals surface area contributed by atoms with Crippen LogP contribution in [0.2, 0.25) is 0 Å². The number of rotatable bonds is 8. The number of nitrogen functional groups attached to an aromatic ring is 1. The molecule has 0 unspecified atom stereocenters. The van der Waals surface area contributed by atoms with Crippen LogP contribution in [0.5, 0.6) is 0 Å². The number of anilines is 2. The quantitative estimate of drug-likeness (QED) is 0.580. The molecule has 0 saturated heterocycles. The Morgan fingerprint density at radius 2 is 1.93 bits per heavy atom. The monoisotopic (exact) mass is 382 g/mol. The number of aryl methyl sites for hydroxylation is 3. The van der Waals surface area contributed by atoms with Gasteiger partial charge in [-0.3, -0.25) is 4.79 Å². The van der Waals surface area contributed by atoms with Crippen LogP contribution >= 0.6 is 11.3 Å². The predicted molar refractivity (Wildman–Crippen MR) is 107 cm³/mol. The van der Waals surface area contributed by atoms with Gasteiger partial charge in [0.25, 0.3) is 0 Å². The van der Waals surface area contributed by atoms with Gasteiger partial charge in [-0.1, -0.05) is 41.2 Å². The first-order valence-corrected chi connectivity index (χ1v) is 9.66. The van der Waals surface area contributed by atoms with Crippen molar-refractivity contribution in [2.24, 2.45) is 0 Å². The Kier molecular flexibility index (Phi) is 6.43. The normalized spacial score (nSPS) is 10.7. The Balaban J connectivity index is 1.41. The molecule has 7 nitrogen and oxygen atoms in total. The molecule has 8 heteroatoms. The van der Waals surface area contributed by atoms with E-state index in [9.17, 15) is 4.79 Å². The first-order valence-electron chi connectivity index (χ1n) is 8.84. The Morgan fingerprint density at radius 3 is 2.70 bits per heavy atom. The molecule has 0 aliphatic heterocycles. The molecule has 3 rings (SSSR count). The van der Waals surface area contributed by atoms with Crippen molar-refractivity contribution in [2.45, 2.75) is 39.0 Å². The number of hydrogen-bond acceptors (Lipinski definition) is 7. The molecular formula is C19H22N6OS. The van der Waals surface area contributed by atoms with Crippen LogP contribution in [-0.2, 0) is 24.1 Å². The Bertz CT molecular complexity index is 893. The van der Waals surface area contributed by atoms with Crippen molar-refractivity contribution in [3.8, 4) is 0 Å². The molecule has 1 aromatic carbocycles. The molecule has 2 aromatic heterocycles. The lowest BCUT2D eigenvalue weighted by atomic mass is 10.1. The third kappa shape index (κ3) is 6.10. The standard InChI is InChI=1S/C19H22N6OS/c1-13-5-4-6-14(11-13)12-17(26)21-19-25-24-18(27-19)8-3-2-7-15-9-10-16(20)23-22-15/h4-6,9-11H,2-3,7-8,12H2,1H3,(H2,20,23)(H,21,25,26). The van der Waals surface area contributed by atoms with Crippen molar-refractivity contribution < 1.29 is 4.79 Å². The molecule has 3 aromatic rings. The molecule has 0 spiro atoms. The zero-order chi connectivity index (χ0) is 19.1. The number of carbonyl (C=O) groups is 1. The number of benzene rings is 1. The van der Waals surface area contributed by atoms with E-state index in [0.29, 0.717) is 17.4 Å². The van der Waals surface area contributed by atoms with Crippen molar-refractivity contribution in [2.75, 3.05) is 11.1 Å². The minimum absolute atomic E-state index is 0.0785. The number of amides is 1. The predicted octanol–water partition coefficient (Wildman–Crippen LogP) is 2.97. The zero-order valence-electron chi connectivity index (χ0n) is 15.2. The molecule has 0 saturated carbocycles. The highest BCUT2D eigenvalue weighted by Gasteiger charge is 2.09. The summed E-state index contributed by atoms with van der Waals surface area (Å²) in [6, 6.07) is 11.6. The van der Waals surface area contributed by atoms with Crippen molar-refractivity contribution in [3.63, 3.8) is 0 Å². The number of nitrogens with two attached hydrogens (primary N) is 1. The van der Waals surface area contributed by atoms with E-state index in [0.717, 1.165) is 47.5 Å². The van der Waals surface area contributed by atoms with Crippen LogP contribution < -0.4 is 11.1 Å². The van der Waals surface area contributed by atoms with Crippen molar-refractivity contribution >= 4 is 28.2 Å². The fraction of sp³-hybridized carbons (Fsp3) is 0.316. The van der Waals surface area contributed by atoms with Crippen LogP contribution in [0, 0.1) is 6.92 Å². The molecule has 140 valence electrons. The third-order valence-corrected chi connectivity index (χ3v) is 4.87. The van der Waals surface area contributed by atoms with Crippen LogP contribution in [-0.4, -0.2) is 26.3 Å². The SMILES string of the molecule is Cc1cccc(CC(=O)Nc2nnc(CCCCc3ccc(N)nn3)s2)c1. The summed E-state index contributed by atoms with van der Waals surface area (Å²) in [6.07, 6.45) is 3.96. The summed E-state index contributed by atoms with van der Waals surface area (Å²) < 4.78 is 0. The van der Waals surface area contributed by atoms with Gasteiger partial charge in [0.2, 0.25) is 11.0 Å². The van der Waals surface area contributed by atoms with E-state index in [4.69, 9.17) is 5.73 Å². The van der Waals surface area contributed by atoms with Gasteiger partial charge < -0.3 is 11.1 Å². The number of carbonyl (C=O) groups excluding carboxylic acids is 1. The molecular weight excluding hydrogens is 360 g/mol. The van der Waals surface area contributed by atoms with E-state index in [2.05, 4.69) is 25.7 Å². The molecule has 0 aliphatic rings. The number of nitrogens with zero attached hydrogens (tertiary/aromatic N) is 4. The van der Waals surface area contributed by atoms with Gasteiger partial charge in [0.15, 0.2) is 0 Å². The Hall–Kier alpha value is -2.87. The molecule has 0 bridgehead atoms. The molecule has 0 radical (unpaired) electrons. The first kappa shape index (κ1) is 18.9. The smallest absolute Gasteiger partial charge is 0.230 e. The lowest BCUT2D eigenvalue weighted by Crippen LogP contribution is -2.14. The van der Waals surface area contributed by atoms with E-state index in [1.165, 1.54) is 11.3 Å². The second-order valence-electron chi connectivity index (χ2n) is 6.37. The van der Waals surface area contributed by atoms with E-state index >= 15 is 0 Å². The highest BCUT2D eigenvalue weighted by atomic mass is 32.1. The van der Waals surface area contributed by atoms with Crippen molar-refractivity contribution in [3.05, 3.63) is 58.2 Å². The molecule has 0 aliphatic carbocycles. The number of aromatic nitrogens is 4. The van der Waals surface area contributed by atoms with Crippen molar-refractivity contribution in [1.29, 1.82) is 0 Å².